The summed E-state index contributed by atoms with van der Waals surface area (Å²) >= 11 is 0. The maximum absolute atomic E-state index is 12.2. The first kappa shape index (κ1) is 19.9. The van der Waals surface area contributed by atoms with E-state index in [0.29, 0.717) is 6.04 Å². The lowest BCUT2D eigenvalue weighted by Gasteiger charge is -2.23. The van der Waals surface area contributed by atoms with Crippen LogP contribution < -0.4 is 16.0 Å². The number of rotatable bonds is 8. The molecule has 0 bridgehead atoms. The minimum atomic E-state index is -0.507. The van der Waals surface area contributed by atoms with Gasteiger partial charge in [-0.25, -0.2) is 0 Å². The lowest BCUT2D eigenvalue weighted by Crippen LogP contribution is -2.48. The van der Waals surface area contributed by atoms with Crippen molar-refractivity contribution in [3.63, 3.8) is 0 Å². The fourth-order valence-corrected chi connectivity index (χ4v) is 2.57. The fraction of sp³-hybridized carbons (Fsp3) is 0.526. The van der Waals surface area contributed by atoms with E-state index in [1.807, 2.05) is 32.0 Å². The number of amides is 3. The Hall–Kier alpha value is -2.41. The van der Waals surface area contributed by atoms with Crippen molar-refractivity contribution >= 4 is 23.4 Å². The minimum absolute atomic E-state index is 0.0811. The number of likely N-dealkylation sites (N-methyl/N-ethyl adjacent to an activating group) is 1. The molecule has 0 radical (unpaired) electrons. The smallest absolute Gasteiger partial charge is 0.243 e. The Bertz CT molecular complexity index is 665. The third kappa shape index (κ3) is 5.84. The number of carbonyl (C=O) groups is 3. The number of aryl methyl sites for hydroxylation is 2. The Labute approximate surface area is 154 Å². The van der Waals surface area contributed by atoms with Crippen molar-refractivity contribution in [1.29, 1.82) is 0 Å². The molecule has 7 heteroatoms. The van der Waals surface area contributed by atoms with E-state index >= 15 is 0 Å². The van der Waals surface area contributed by atoms with Crippen molar-refractivity contribution < 1.29 is 14.4 Å². The molecule has 1 atom stereocenters. The van der Waals surface area contributed by atoms with E-state index in [9.17, 15) is 14.4 Å². The molecule has 0 aliphatic heterocycles. The number of hydrogen-bond acceptors (Lipinski definition) is 4. The van der Waals surface area contributed by atoms with E-state index in [4.69, 9.17) is 0 Å². The predicted molar refractivity (Wildman–Crippen MR) is 101 cm³/mol. The van der Waals surface area contributed by atoms with Crippen molar-refractivity contribution in [2.24, 2.45) is 0 Å². The second-order valence-electron chi connectivity index (χ2n) is 6.97. The number of nitrogens with one attached hydrogen (secondary N) is 3. The second kappa shape index (κ2) is 8.80. The van der Waals surface area contributed by atoms with Gasteiger partial charge in [0.1, 0.15) is 0 Å². The molecule has 142 valence electrons. The fourth-order valence-electron chi connectivity index (χ4n) is 2.57. The Balaban J connectivity index is 1.77. The summed E-state index contributed by atoms with van der Waals surface area (Å²) in [5, 5.41) is 8.35. The summed E-state index contributed by atoms with van der Waals surface area (Å²) in [5.74, 6) is -0.650. The Morgan fingerprint density at radius 2 is 1.77 bits per heavy atom. The van der Waals surface area contributed by atoms with E-state index in [0.717, 1.165) is 29.7 Å². The Morgan fingerprint density at radius 3 is 2.35 bits per heavy atom. The highest BCUT2D eigenvalue weighted by molar-refractivity contribution is 5.96. The van der Waals surface area contributed by atoms with Crippen molar-refractivity contribution in [2.45, 2.75) is 45.7 Å². The van der Waals surface area contributed by atoms with Gasteiger partial charge in [0.2, 0.25) is 17.7 Å². The summed E-state index contributed by atoms with van der Waals surface area (Å²) in [7, 11) is 1.72. The van der Waals surface area contributed by atoms with Crippen LogP contribution in [-0.2, 0) is 14.4 Å². The third-order valence-electron chi connectivity index (χ3n) is 4.54. The van der Waals surface area contributed by atoms with E-state index in [1.54, 1.807) is 18.9 Å². The van der Waals surface area contributed by atoms with Crippen LogP contribution in [0.5, 0.6) is 0 Å². The highest BCUT2D eigenvalue weighted by Gasteiger charge is 2.25. The van der Waals surface area contributed by atoms with E-state index in [1.165, 1.54) is 0 Å². The molecule has 1 aromatic rings. The molecule has 1 saturated carbocycles. The van der Waals surface area contributed by atoms with Gasteiger partial charge in [-0.05, 0) is 51.8 Å². The quantitative estimate of drug-likeness (QED) is 0.644. The molecular formula is C19H28N4O3. The van der Waals surface area contributed by atoms with Crippen LogP contribution in [-0.4, -0.2) is 54.8 Å². The molecule has 2 rings (SSSR count). The highest BCUT2D eigenvalue weighted by atomic mass is 16.2. The summed E-state index contributed by atoms with van der Waals surface area (Å²) in [5.41, 5.74) is 2.72. The lowest BCUT2D eigenvalue weighted by molar-refractivity contribution is -0.129. The van der Waals surface area contributed by atoms with Crippen molar-refractivity contribution in [3.05, 3.63) is 29.3 Å². The zero-order valence-electron chi connectivity index (χ0n) is 15.9. The molecule has 1 fully saturated rings. The number of anilines is 1. The largest absolute Gasteiger partial charge is 0.352 e. The number of para-hydroxylation sites is 1. The van der Waals surface area contributed by atoms with E-state index in [2.05, 4.69) is 16.0 Å². The third-order valence-corrected chi connectivity index (χ3v) is 4.54. The van der Waals surface area contributed by atoms with Crippen LogP contribution in [0.25, 0.3) is 0 Å². The molecule has 0 saturated heterocycles. The maximum Gasteiger partial charge on any atom is 0.243 e. The number of benzene rings is 1. The molecule has 7 nitrogen and oxygen atoms in total. The van der Waals surface area contributed by atoms with Crippen molar-refractivity contribution in [1.82, 2.24) is 15.5 Å². The molecular weight excluding hydrogens is 332 g/mol. The van der Waals surface area contributed by atoms with Crippen LogP contribution in [0.15, 0.2) is 18.2 Å². The van der Waals surface area contributed by atoms with Gasteiger partial charge in [-0.2, -0.15) is 0 Å². The first-order chi connectivity index (χ1) is 12.3. The van der Waals surface area contributed by atoms with Crippen LogP contribution in [0.1, 0.15) is 30.9 Å². The predicted octanol–water partition coefficient (Wildman–Crippen LogP) is 0.957. The Morgan fingerprint density at radius 1 is 1.15 bits per heavy atom. The average Bonchev–Trinajstić information content (AvgIpc) is 3.39. The van der Waals surface area contributed by atoms with Gasteiger partial charge in [-0.3, -0.25) is 19.3 Å². The van der Waals surface area contributed by atoms with Gasteiger partial charge in [-0.1, -0.05) is 18.2 Å². The summed E-state index contributed by atoms with van der Waals surface area (Å²) < 4.78 is 0. The maximum atomic E-state index is 12.2. The normalized spacial score (nSPS) is 14.7. The first-order valence-electron chi connectivity index (χ1n) is 8.91. The molecule has 1 aliphatic carbocycles. The summed E-state index contributed by atoms with van der Waals surface area (Å²) in [6.45, 7) is 5.59. The van der Waals surface area contributed by atoms with Gasteiger partial charge in [0, 0.05) is 11.7 Å². The SMILES string of the molecule is Cc1cccc(C)c1NC(=O)CNC(=O)[C@@H](C)N(C)CC(=O)NC1CC1. The second-order valence-corrected chi connectivity index (χ2v) is 6.97. The minimum Gasteiger partial charge on any atom is -0.352 e. The topological polar surface area (TPSA) is 90.5 Å². The van der Waals surface area contributed by atoms with Crippen LogP contribution in [0, 0.1) is 13.8 Å². The molecule has 0 spiro atoms. The highest BCUT2D eigenvalue weighted by Crippen LogP contribution is 2.19. The summed E-state index contributed by atoms with van der Waals surface area (Å²) in [4.78, 5) is 37.8. The first-order valence-corrected chi connectivity index (χ1v) is 8.91. The standard InChI is InChI=1S/C19H28N4O3/c1-12-6-5-7-13(2)18(12)22-16(24)10-20-19(26)14(3)23(4)11-17(25)21-15-8-9-15/h5-7,14-15H,8-11H2,1-4H3,(H,20,26)(H,21,25)(H,22,24)/t14-/m1/s1. The van der Waals surface area contributed by atoms with Gasteiger partial charge < -0.3 is 16.0 Å². The molecule has 3 N–H and O–H groups in total. The molecule has 3 amide bonds. The molecule has 1 aromatic carbocycles. The van der Waals surface area contributed by atoms with Crippen molar-refractivity contribution in [3.8, 4) is 0 Å². The molecule has 0 unspecified atom stereocenters. The van der Waals surface area contributed by atoms with Gasteiger partial charge in [0.25, 0.3) is 0 Å². The van der Waals surface area contributed by atoms with Crippen molar-refractivity contribution in [2.75, 3.05) is 25.5 Å². The summed E-state index contributed by atoms with van der Waals surface area (Å²) in [6.07, 6.45) is 2.06. The number of hydrogen-bond donors (Lipinski definition) is 3. The monoisotopic (exact) mass is 360 g/mol. The number of carbonyl (C=O) groups excluding carboxylic acids is 3. The van der Waals surface area contributed by atoms with Gasteiger partial charge >= 0.3 is 0 Å². The van der Waals surface area contributed by atoms with E-state index in [-0.39, 0.29) is 30.8 Å². The van der Waals surface area contributed by atoms with Crippen LogP contribution in [0.3, 0.4) is 0 Å². The van der Waals surface area contributed by atoms with Crippen LogP contribution >= 0.6 is 0 Å². The Kier molecular flexibility index (Phi) is 6.74. The molecule has 1 aliphatic rings. The van der Waals surface area contributed by atoms with Gasteiger partial charge in [0.15, 0.2) is 0 Å². The average molecular weight is 360 g/mol. The number of nitrogens with zero attached hydrogens (tertiary/aromatic N) is 1. The van der Waals surface area contributed by atoms with Crippen LogP contribution in [0.4, 0.5) is 5.69 Å². The zero-order valence-corrected chi connectivity index (χ0v) is 15.9. The summed E-state index contributed by atoms with van der Waals surface area (Å²) in [6, 6.07) is 5.57. The molecule has 26 heavy (non-hydrogen) atoms. The molecule has 0 aromatic heterocycles. The van der Waals surface area contributed by atoms with E-state index < -0.39 is 6.04 Å². The lowest BCUT2D eigenvalue weighted by atomic mass is 10.1. The van der Waals surface area contributed by atoms with Gasteiger partial charge in [-0.15, -0.1) is 0 Å². The zero-order chi connectivity index (χ0) is 19.3. The van der Waals surface area contributed by atoms with Crippen LogP contribution in [0.2, 0.25) is 0 Å². The van der Waals surface area contributed by atoms with Gasteiger partial charge in [0.05, 0.1) is 19.1 Å². The molecule has 0 heterocycles.